The SMILES string of the molecule is Cc1nc(Cl)c(F)c2nc(OC[C@@]34CCCN3C[C@H](F)C4)nc(N3CC[C@H](O)C3)c12. The van der Waals surface area contributed by atoms with Crippen molar-refractivity contribution in [2.24, 2.45) is 0 Å². The number of rotatable bonds is 4. The zero-order chi connectivity index (χ0) is 21.0. The van der Waals surface area contributed by atoms with Crippen molar-refractivity contribution in [1.82, 2.24) is 19.9 Å². The number of hydrogen-bond donors (Lipinski definition) is 1. The van der Waals surface area contributed by atoms with Crippen molar-refractivity contribution in [2.45, 2.75) is 50.4 Å². The van der Waals surface area contributed by atoms with Crippen molar-refractivity contribution < 1.29 is 18.6 Å². The third-order valence-electron chi connectivity index (χ3n) is 6.58. The van der Waals surface area contributed by atoms with Crippen molar-refractivity contribution in [3.63, 3.8) is 0 Å². The molecule has 0 saturated carbocycles. The number of hydrogen-bond acceptors (Lipinski definition) is 7. The molecule has 5 rings (SSSR count). The lowest BCUT2D eigenvalue weighted by atomic mass is 9.95. The van der Waals surface area contributed by atoms with Gasteiger partial charge in [0.1, 0.15) is 24.1 Å². The number of halogens is 3. The van der Waals surface area contributed by atoms with Gasteiger partial charge in [-0.1, -0.05) is 11.6 Å². The van der Waals surface area contributed by atoms with Crippen LogP contribution in [0.4, 0.5) is 14.6 Å². The number of nitrogens with zero attached hydrogens (tertiary/aromatic N) is 5. The molecule has 0 radical (unpaired) electrons. The average molecular weight is 440 g/mol. The molecule has 3 fully saturated rings. The van der Waals surface area contributed by atoms with Crippen LogP contribution in [0, 0.1) is 12.7 Å². The highest BCUT2D eigenvalue weighted by molar-refractivity contribution is 6.30. The van der Waals surface area contributed by atoms with Crippen molar-refractivity contribution in [3.05, 3.63) is 16.7 Å². The molecular formula is C20H24ClF2N5O2. The fourth-order valence-corrected chi connectivity index (χ4v) is 5.36. The molecule has 2 aromatic heterocycles. The number of fused-ring (bicyclic) bond motifs is 2. The normalized spacial score (nSPS) is 29.2. The van der Waals surface area contributed by atoms with E-state index in [-0.39, 0.29) is 28.8 Å². The molecule has 1 N–H and O–H groups in total. The Morgan fingerprint density at radius 2 is 2.10 bits per heavy atom. The van der Waals surface area contributed by atoms with E-state index in [0.717, 1.165) is 19.4 Å². The third-order valence-corrected chi connectivity index (χ3v) is 6.83. The number of aliphatic hydroxyl groups excluding tert-OH is 1. The maximum absolute atomic E-state index is 14.8. The molecule has 2 aromatic rings. The van der Waals surface area contributed by atoms with Gasteiger partial charge in [0.15, 0.2) is 11.0 Å². The second kappa shape index (κ2) is 7.39. The fraction of sp³-hybridized carbons (Fsp3) is 0.650. The number of anilines is 1. The molecule has 10 heteroatoms. The summed E-state index contributed by atoms with van der Waals surface area (Å²) in [7, 11) is 0. The standard InChI is InChI=1S/C20H24ClF2N5O2/c1-11-14-16(15(23)17(21)24-11)25-19(26-18(14)27-6-3-13(29)9-27)30-10-20-4-2-5-28(20)8-12(22)7-20/h12-13,29H,2-10H2,1H3/t12-,13+,20+/m1/s1. The minimum atomic E-state index is -0.863. The monoisotopic (exact) mass is 439 g/mol. The molecule has 0 unspecified atom stereocenters. The molecule has 5 heterocycles. The van der Waals surface area contributed by atoms with E-state index in [1.807, 2.05) is 4.90 Å². The van der Waals surface area contributed by atoms with Crippen LogP contribution in [0.15, 0.2) is 0 Å². The number of alkyl halides is 1. The first-order chi connectivity index (χ1) is 14.4. The van der Waals surface area contributed by atoms with Crippen LogP contribution in [0.25, 0.3) is 10.9 Å². The van der Waals surface area contributed by atoms with Crippen LogP contribution in [-0.2, 0) is 0 Å². The highest BCUT2D eigenvalue weighted by Gasteiger charge is 2.49. The van der Waals surface area contributed by atoms with Crippen LogP contribution < -0.4 is 9.64 Å². The Labute approximate surface area is 178 Å². The van der Waals surface area contributed by atoms with E-state index in [0.29, 0.717) is 49.4 Å². The van der Waals surface area contributed by atoms with Gasteiger partial charge in [0.2, 0.25) is 0 Å². The summed E-state index contributed by atoms with van der Waals surface area (Å²) in [4.78, 5) is 17.0. The zero-order valence-electron chi connectivity index (χ0n) is 16.7. The second-order valence-corrected chi connectivity index (χ2v) is 8.97. The Bertz CT molecular complexity index is 996. The Morgan fingerprint density at radius 3 is 2.87 bits per heavy atom. The molecule has 162 valence electrons. The molecule has 0 aliphatic carbocycles. The van der Waals surface area contributed by atoms with E-state index in [4.69, 9.17) is 16.3 Å². The predicted molar refractivity (Wildman–Crippen MR) is 108 cm³/mol. The maximum atomic E-state index is 14.8. The van der Waals surface area contributed by atoms with Gasteiger partial charge >= 0.3 is 6.01 Å². The van der Waals surface area contributed by atoms with Crippen molar-refractivity contribution >= 4 is 28.3 Å². The Morgan fingerprint density at radius 1 is 1.27 bits per heavy atom. The summed E-state index contributed by atoms with van der Waals surface area (Å²) in [6.45, 7) is 4.22. The first-order valence-electron chi connectivity index (χ1n) is 10.3. The Hall–Kier alpha value is -1.84. The minimum absolute atomic E-state index is 0.0305. The van der Waals surface area contributed by atoms with Crippen LogP contribution in [0.3, 0.4) is 0 Å². The lowest BCUT2D eigenvalue weighted by Crippen LogP contribution is -2.43. The topological polar surface area (TPSA) is 74.6 Å². The maximum Gasteiger partial charge on any atom is 0.319 e. The Balaban J connectivity index is 1.53. The van der Waals surface area contributed by atoms with E-state index in [1.54, 1.807) is 6.92 Å². The highest BCUT2D eigenvalue weighted by Crippen LogP contribution is 2.41. The number of ether oxygens (including phenoxy) is 1. The minimum Gasteiger partial charge on any atom is -0.461 e. The van der Waals surface area contributed by atoms with Gasteiger partial charge in [-0.15, -0.1) is 0 Å². The molecule has 0 amide bonds. The average Bonchev–Trinajstić information content (AvgIpc) is 3.37. The molecule has 3 aliphatic rings. The summed E-state index contributed by atoms with van der Waals surface area (Å²) >= 11 is 5.96. The van der Waals surface area contributed by atoms with E-state index in [1.165, 1.54) is 0 Å². The van der Waals surface area contributed by atoms with Crippen molar-refractivity contribution in [2.75, 3.05) is 37.7 Å². The van der Waals surface area contributed by atoms with Gasteiger partial charge in [-0.05, 0) is 32.7 Å². The van der Waals surface area contributed by atoms with Crippen molar-refractivity contribution in [3.8, 4) is 6.01 Å². The largest absolute Gasteiger partial charge is 0.461 e. The summed E-state index contributed by atoms with van der Waals surface area (Å²) in [6.07, 6.45) is 1.54. The molecule has 3 atom stereocenters. The summed E-state index contributed by atoms with van der Waals surface area (Å²) in [5.41, 5.74) is 0.201. The lowest BCUT2D eigenvalue weighted by Gasteiger charge is -2.31. The summed E-state index contributed by atoms with van der Waals surface area (Å²) in [5.74, 6) is -0.251. The summed E-state index contributed by atoms with van der Waals surface area (Å²) < 4.78 is 34.8. The van der Waals surface area contributed by atoms with Crippen LogP contribution in [0.2, 0.25) is 5.15 Å². The number of β-amino-alcohol motifs (C(OH)–C–C–N with tert-alkyl or cyclic N) is 1. The van der Waals surface area contributed by atoms with E-state index >= 15 is 0 Å². The first kappa shape index (κ1) is 20.1. The molecular weight excluding hydrogens is 416 g/mol. The van der Waals surface area contributed by atoms with Gasteiger partial charge in [0.05, 0.1) is 22.7 Å². The van der Waals surface area contributed by atoms with Gasteiger partial charge in [0.25, 0.3) is 0 Å². The van der Waals surface area contributed by atoms with Crippen molar-refractivity contribution in [1.29, 1.82) is 0 Å². The van der Waals surface area contributed by atoms with Gasteiger partial charge in [-0.3, -0.25) is 4.90 Å². The molecule has 3 saturated heterocycles. The van der Waals surface area contributed by atoms with Crippen LogP contribution in [0.1, 0.15) is 31.4 Å². The molecule has 0 aromatic carbocycles. The summed E-state index contributed by atoms with van der Waals surface area (Å²) in [5, 5.41) is 10.2. The molecule has 3 aliphatic heterocycles. The highest BCUT2D eigenvalue weighted by atomic mass is 35.5. The van der Waals surface area contributed by atoms with Crippen LogP contribution >= 0.6 is 11.6 Å². The van der Waals surface area contributed by atoms with Gasteiger partial charge in [-0.2, -0.15) is 9.97 Å². The van der Waals surface area contributed by atoms with Gasteiger partial charge in [-0.25, -0.2) is 13.8 Å². The van der Waals surface area contributed by atoms with E-state index in [9.17, 15) is 13.9 Å². The van der Waals surface area contributed by atoms with E-state index in [2.05, 4.69) is 19.9 Å². The zero-order valence-corrected chi connectivity index (χ0v) is 17.5. The van der Waals surface area contributed by atoms with E-state index < -0.39 is 18.1 Å². The predicted octanol–water partition coefficient (Wildman–Crippen LogP) is 2.65. The third kappa shape index (κ3) is 3.27. The fourth-order valence-electron chi connectivity index (χ4n) is 5.15. The van der Waals surface area contributed by atoms with Crippen LogP contribution in [0.5, 0.6) is 6.01 Å². The number of pyridine rings is 1. The number of aryl methyl sites for hydroxylation is 1. The van der Waals surface area contributed by atoms with Gasteiger partial charge in [0, 0.05) is 26.1 Å². The molecule has 7 nitrogen and oxygen atoms in total. The van der Waals surface area contributed by atoms with Crippen LogP contribution in [-0.4, -0.2) is 75.6 Å². The number of aliphatic hydroxyl groups is 1. The first-order valence-corrected chi connectivity index (χ1v) is 10.7. The molecule has 0 bridgehead atoms. The second-order valence-electron chi connectivity index (χ2n) is 8.61. The summed E-state index contributed by atoms with van der Waals surface area (Å²) in [6, 6.07) is 0.0305. The van der Waals surface area contributed by atoms with Gasteiger partial charge < -0.3 is 14.7 Å². The lowest BCUT2D eigenvalue weighted by molar-refractivity contribution is 0.107. The molecule has 30 heavy (non-hydrogen) atoms. The smallest absolute Gasteiger partial charge is 0.319 e. The quantitative estimate of drug-likeness (QED) is 0.734. The molecule has 0 spiro atoms. The Kier molecular flexibility index (Phi) is 4.95. The number of aromatic nitrogens is 3.